The molecule has 5 heteroatoms. The van der Waals surface area contributed by atoms with Crippen LogP contribution in [0.2, 0.25) is 0 Å². The van der Waals surface area contributed by atoms with E-state index in [0.29, 0.717) is 10.4 Å². The van der Waals surface area contributed by atoms with Gasteiger partial charge in [-0.05, 0) is 47.8 Å². The topological polar surface area (TPSA) is 29.1 Å². The number of alkyl halides is 1. The summed E-state index contributed by atoms with van der Waals surface area (Å²) in [5, 5.41) is 2.75. The molecule has 0 radical (unpaired) electrons. The summed E-state index contributed by atoms with van der Waals surface area (Å²) in [5.74, 6) is -0.373. The van der Waals surface area contributed by atoms with Crippen LogP contribution in [0, 0.1) is 5.82 Å². The van der Waals surface area contributed by atoms with Gasteiger partial charge in [-0.1, -0.05) is 6.07 Å². The van der Waals surface area contributed by atoms with E-state index in [2.05, 4.69) is 21.2 Å². The molecule has 0 spiro atoms. The fourth-order valence-corrected chi connectivity index (χ4v) is 2.14. The van der Waals surface area contributed by atoms with Crippen molar-refractivity contribution in [3.05, 3.63) is 34.1 Å². The third kappa shape index (κ3) is 4.28. The highest BCUT2D eigenvalue weighted by atomic mass is 79.9. The predicted octanol–water partition coefficient (Wildman–Crippen LogP) is 3.73. The molecular formula is C12H14BrClFNO. The molecule has 1 N–H and O–H groups in total. The van der Waals surface area contributed by atoms with Gasteiger partial charge in [0, 0.05) is 16.4 Å². The van der Waals surface area contributed by atoms with Gasteiger partial charge in [-0.2, -0.15) is 0 Å². The fraction of sp³-hybridized carbons (Fsp3) is 0.417. The van der Waals surface area contributed by atoms with Gasteiger partial charge in [-0.15, -0.1) is 11.6 Å². The summed E-state index contributed by atoms with van der Waals surface area (Å²) in [6.45, 7) is 1.87. The molecule has 0 aliphatic rings. The number of amides is 1. The summed E-state index contributed by atoms with van der Waals surface area (Å²) in [6.07, 6.45) is 1.60. The molecule has 1 amide bonds. The normalized spacial score (nSPS) is 12.2. The number of carbonyl (C=O) groups is 1. The zero-order valence-corrected chi connectivity index (χ0v) is 11.8. The van der Waals surface area contributed by atoms with Gasteiger partial charge in [0.15, 0.2) is 0 Å². The molecule has 0 saturated heterocycles. The van der Waals surface area contributed by atoms with Crippen molar-refractivity contribution in [2.24, 2.45) is 0 Å². The van der Waals surface area contributed by atoms with Gasteiger partial charge in [-0.25, -0.2) is 4.39 Å². The number of hydrogen-bond donors (Lipinski definition) is 1. The fourth-order valence-electron chi connectivity index (χ4n) is 1.47. The van der Waals surface area contributed by atoms with Crippen LogP contribution in [0.4, 0.5) is 4.39 Å². The van der Waals surface area contributed by atoms with Crippen molar-refractivity contribution < 1.29 is 9.18 Å². The third-order valence-corrected chi connectivity index (χ3v) is 3.27. The molecule has 0 fully saturated rings. The van der Waals surface area contributed by atoms with Crippen LogP contribution in [-0.4, -0.2) is 17.8 Å². The van der Waals surface area contributed by atoms with Crippen LogP contribution in [0.25, 0.3) is 0 Å². The summed E-state index contributed by atoms with van der Waals surface area (Å²) < 4.78 is 13.9. The van der Waals surface area contributed by atoms with Crippen molar-refractivity contribution in [2.75, 3.05) is 5.88 Å². The van der Waals surface area contributed by atoms with Gasteiger partial charge in [-0.3, -0.25) is 4.79 Å². The van der Waals surface area contributed by atoms with E-state index in [1.54, 1.807) is 12.1 Å². The van der Waals surface area contributed by atoms with Crippen LogP contribution >= 0.6 is 27.5 Å². The first-order valence-electron chi connectivity index (χ1n) is 5.37. The first kappa shape index (κ1) is 14.5. The molecule has 1 atom stereocenters. The zero-order chi connectivity index (χ0) is 12.8. The summed E-state index contributed by atoms with van der Waals surface area (Å²) in [6, 6.07) is 4.44. The highest BCUT2D eigenvalue weighted by Crippen LogP contribution is 2.19. The van der Waals surface area contributed by atoms with Crippen LogP contribution < -0.4 is 5.32 Å². The van der Waals surface area contributed by atoms with Gasteiger partial charge in [0.2, 0.25) is 0 Å². The SMILES string of the molecule is CC(CCCCl)NC(=O)c1c(F)cccc1Br. The second-order valence-electron chi connectivity index (χ2n) is 3.80. The van der Waals surface area contributed by atoms with Crippen molar-refractivity contribution >= 4 is 33.4 Å². The second-order valence-corrected chi connectivity index (χ2v) is 5.03. The zero-order valence-electron chi connectivity index (χ0n) is 9.47. The molecule has 1 aromatic rings. The number of nitrogens with one attached hydrogen (secondary N) is 1. The lowest BCUT2D eigenvalue weighted by Gasteiger charge is -2.14. The van der Waals surface area contributed by atoms with Crippen molar-refractivity contribution in [3.63, 3.8) is 0 Å². The smallest absolute Gasteiger partial charge is 0.255 e. The Kier molecular flexibility index (Phi) is 5.92. The van der Waals surface area contributed by atoms with E-state index in [1.165, 1.54) is 6.07 Å². The Balaban J connectivity index is 2.70. The first-order valence-corrected chi connectivity index (χ1v) is 6.70. The number of rotatable bonds is 5. The molecular weight excluding hydrogens is 308 g/mol. The van der Waals surface area contributed by atoms with E-state index in [-0.39, 0.29) is 11.6 Å². The number of halogens is 3. The van der Waals surface area contributed by atoms with E-state index in [1.807, 2.05) is 6.92 Å². The summed E-state index contributed by atoms with van der Waals surface area (Å²) in [4.78, 5) is 11.8. The van der Waals surface area contributed by atoms with Crippen molar-refractivity contribution in [1.82, 2.24) is 5.32 Å². The minimum atomic E-state index is -0.526. The highest BCUT2D eigenvalue weighted by molar-refractivity contribution is 9.10. The van der Waals surface area contributed by atoms with Crippen LogP contribution in [0.3, 0.4) is 0 Å². The molecule has 0 aliphatic carbocycles. The van der Waals surface area contributed by atoms with Crippen molar-refractivity contribution in [1.29, 1.82) is 0 Å². The lowest BCUT2D eigenvalue weighted by atomic mass is 10.1. The Hall–Kier alpha value is -0.610. The maximum atomic E-state index is 13.5. The van der Waals surface area contributed by atoms with E-state index in [0.717, 1.165) is 12.8 Å². The summed E-state index contributed by atoms with van der Waals surface area (Å²) >= 11 is 8.74. The van der Waals surface area contributed by atoms with E-state index < -0.39 is 11.7 Å². The van der Waals surface area contributed by atoms with Gasteiger partial charge in [0.25, 0.3) is 5.91 Å². The Labute approximate surface area is 114 Å². The molecule has 2 nitrogen and oxygen atoms in total. The second kappa shape index (κ2) is 6.97. The maximum Gasteiger partial charge on any atom is 0.255 e. The lowest BCUT2D eigenvalue weighted by Crippen LogP contribution is -2.33. The first-order chi connectivity index (χ1) is 8.06. The minimum absolute atomic E-state index is 0.0206. The quantitative estimate of drug-likeness (QED) is 0.822. The van der Waals surface area contributed by atoms with Crippen molar-refractivity contribution in [3.8, 4) is 0 Å². The molecule has 0 aromatic heterocycles. The van der Waals surface area contributed by atoms with E-state index >= 15 is 0 Å². The number of carbonyl (C=O) groups excluding carboxylic acids is 1. The molecule has 17 heavy (non-hydrogen) atoms. The van der Waals surface area contributed by atoms with E-state index in [4.69, 9.17) is 11.6 Å². The molecule has 0 bridgehead atoms. The minimum Gasteiger partial charge on any atom is -0.349 e. The molecule has 1 aromatic carbocycles. The van der Waals surface area contributed by atoms with Crippen LogP contribution in [-0.2, 0) is 0 Å². The number of benzene rings is 1. The van der Waals surface area contributed by atoms with E-state index in [9.17, 15) is 9.18 Å². The molecule has 0 saturated carbocycles. The average molecular weight is 323 g/mol. The Morgan fingerprint density at radius 3 is 2.88 bits per heavy atom. The molecule has 94 valence electrons. The van der Waals surface area contributed by atoms with Crippen molar-refractivity contribution in [2.45, 2.75) is 25.8 Å². The monoisotopic (exact) mass is 321 g/mol. The van der Waals surface area contributed by atoms with Crippen LogP contribution in [0.15, 0.2) is 22.7 Å². The Morgan fingerprint density at radius 1 is 1.59 bits per heavy atom. The maximum absolute atomic E-state index is 13.5. The van der Waals surface area contributed by atoms with Gasteiger partial charge >= 0.3 is 0 Å². The number of hydrogen-bond acceptors (Lipinski definition) is 1. The molecule has 0 aliphatic heterocycles. The highest BCUT2D eigenvalue weighted by Gasteiger charge is 2.16. The Bertz CT molecular complexity index is 380. The molecule has 1 unspecified atom stereocenters. The van der Waals surface area contributed by atoms with Gasteiger partial charge in [0.1, 0.15) is 5.82 Å². The lowest BCUT2D eigenvalue weighted by molar-refractivity contribution is 0.0933. The molecule has 0 heterocycles. The third-order valence-electron chi connectivity index (χ3n) is 2.34. The molecule has 1 rings (SSSR count). The van der Waals surface area contributed by atoms with Crippen LogP contribution in [0.5, 0.6) is 0 Å². The standard InChI is InChI=1S/C12H14BrClFNO/c1-8(4-3-7-14)16-12(17)11-9(13)5-2-6-10(11)15/h2,5-6,8H,3-4,7H2,1H3,(H,16,17). The average Bonchev–Trinajstić information content (AvgIpc) is 2.26. The largest absolute Gasteiger partial charge is 0.349 e. The van der Waals surface area contributed by atoms with Crippen LogP contribution in [0.1, 0.15) is 30.1 Å². The summed E-state index contributed by atoms with van der Waals surface area (Å²) in [5.41, 5.74) is 0.0465. The summed E-state index contributed by atoms with van der Waals surface area (Å²) in [7, 11) is 0. The predicted molar refractivity (Wildman–Crippen MR) is 71.0 cm³/mol. The van der Waals surface area contributed by atoms with Gasteiger partial charge < -0.3 is 5.32 Å². The van der Waals surface area contributed by atoms with Gasteiger partial charge in [0.05, 0.1) is 5.56 Å². The Morgan fingerprint density at radius 2 is 2.29 bits per heavy atom.